The average Bonchev–Trinajstić information content (AvgIpc) is 3.95. The van der Waals surface area contributed by atoms with Crippen LogP contribution in [0, 0.1) is 31.6 Å². The van der Waals surface area contributed by atoms with Gasteiger partial charge in [0, 0.05) is 41.6 Å². The molecule has 0 saturated carbocycles. The average molecular weight is 875 g/mol. The first kappa shape index (κ1) is 48.0. The third-order valence-electron chi connectivity index (χ3n) is 13.7. The van der Waals surface area contributed by atoms with Crippen LogP contribution in [0.3, 0.4) is 0 Å². The summed E-state index contributed by atoms with van der Waals surface area (Å²) in [6, 6.07) is 6.17. The molecule has 3 aliphatic rings. The van der Waals surface area contributed by atoms with E-state index in [1.165, 1.54) is 50.5 Å². The maximum atomic E-state index is 13.7. The Balaban J connectivity index is 0.00000704. The molecule has 1 radical (unpaired) electrons. The van der Waals surface area contributed by atoms with Crippen molar-refractivity contribution in [3.8, 4) is 0 Å². The van der Waals surface area contributed by atoms with Crippen LogP contribution in [0.4, 0.5) is 0 Å². The standard InChI is InChI=1S/C53H71N4O3.Cu/c1-12-39-35(8)43-28-45-37(10)41(23-24-50(59)60-26-25-34(7)22-16-21-33(6)20-15-19-32(5)18-14-17-31(3)4)52(56-45)42-27-49(58)51-38(11)46(57-53(42)51)30-48-40(13-2)36(9)44(55-48)29-47(39)54-43;/h12,25,28-33,37,41H,1,13-24,26-27H2,2-11H3,(H-,54,55,56,57,58);/q-1;+2/p-1. The minimum Gasteiger partial charge on any atom is -0.657 e. The number of aryl methyl sites for hydroxylation is 2. The molecular weight excluding hydrogens is 804 g/mol. The largest absolute Gasteiger partial charge is 2.00 e. The second-order valence-electron chi connectivity index (χ2n) is 18.8. The summed E-state index contributed by atoms with van der Waals surface area (Å²) in [6.45, 7) is 26.5. The molecule has 5 heterocycles. The predicted octanol–water partition coefficient (Wildman–Crippen LogP) is 13.5. The second kappa shape index (κ2) is 21.4. The van der Waals surface area contributed by atoms with Crippen LogP contribution < -0.4 is 9.97 Å². The quantitative estimate of drug-likeness (QED) is 0.0672. The first-order chi connectivity index (χ1) is 28.7. The minimum atomic E-state index is -0.214. The number of hydrogen-bond acceptors (Lipinski definition) is 5. The van der Waals surface area contributed by atoms with Gasteiger partial charge in [0.1, 0.15) is 6.61 Å². The zero-order chi connectivity index (χ0) is 43.2. The van der Waals surface area contributed by atoms with Crippen molar-refractivity contribution in [3.63, 3.8) is 0 Å². The summed E-state index contributed by atoms with van der Waals surface area (Å²) in [6.07, 6.45) is 17.3. The van der Waals surface area contributed by atoms with E-state index in [2.05, 4.69) is 87.1 Å². The van der Waals surface area contributed by atoms with Gasteiger partial charge < -0.3 is 14.7 Å². The SMILES string of the molecule is C=Cc1c(C)c2cc3nc(c4c5[n-]c(cc6nc(cc1[n-]2)C(C)=C6CC)c(C)c5C(=O)C4)C(CCC(=O)OCC=C(C)CCCC(C)CCCC(C)CCCC(C)C)C3C.[Cu+2]. The van der Waals surface area contributed by atoms with Crippen LogP contribution in [0.1, 0.15) is 200 Å². The zero-order valence-electron chi connectivity index (χ0n) is 38.7. The third-order valence-corrected chi connectivity index (χ3v) is 13.7. The maximum absolute atomic E-state index is 13.7. The number of esters is 1. The van der Waals surface area contributed by atoms with E-state index in [0.29, 0.717) is 12.0 Å². The van der Waals surface area contributed by atoms with Crippen molar-refractivity contribution < 1.29 is 31.4 Å². The molecule has 8 bridgehead atoms. The molecule has 0 N–H and O–H groups in total. The van der Waals surface area contributed by atoms with E-state index in [0.717, 1.165) is 115 Å². The fourth-order valence-corrected chi connectivity index (χ4v) is 9.70. The summed E-state index contributed by atoms with van der Waals surface area (Å²) in [5.41, 5.74) is 14.6. The van der Waals surface area contributed by atoms with Crippen molar-refractivity contribution in [1.82, 2.24) is 19.9 Å². The van der Waals surface area contributed by atoms with Crippen LogP contribution in [0.2, 0.25) is 0 Å². The van der Waals surface area contributed by atoms with Crippen molar-refractivity contribution in [2.45, 2.75) is 165 Å². The van der Waals surface area contributed by atoms with Gasteiger partial charge >= 0.3 is 23.0 Å². The van der Waals surface area contributed by atoms with E-state index >= 15 is 0 Å². The van der Waals surface area contributed by atoms with Crippen LogP contribution in [0.25, 0.3) is 39.3 Å². The van der Waals surface area contributed by atoms with Crippen molar-refractivity contribution in [2.75, 3.05) is 6.61 Å². The Morgan fingerprint density at radius 2 is 1.54 bits per heavy atom. The van der Waals surface area contributed by atoms with Gasteiger partial charge in [-0.1, -0.05) is 134 Å². The molecule has 0 spiro atoms. The molecule has 0 saturated heterocycles. The molecule has 3 aromatic heterocycles. The molecule has 331 valence electrons. The van der Waals surface area contributed by atoms with Crippen molar-refractivity contribution in [2.24, 2.45) is 17.8 Å². The number of nitrogens with zero attached hydrogens (tertiary/aromatic N) is 4. The monoisotopic (exact) mass is 873 g/mol. The van der Waals surface area contributed by atoms with Crippen LogP contribution in [-0.2, 0) is 33.0 Å². The molecule has 3 aromatic rings. The smallest absolute Gasteiger partial charge is 0.657 e. The molecule has 4 atom stereocenters. The van der Waals surface area contributed by atoms with Gasteiger partial charge in [-0.05, 0) is 99.5 Å². The topological polar surface area (TPSA) is 97.4 Å². The number of rotatable bonds is 19. The van der Waals surface area contributed by atoms with Gasteiger partial charge in [-0.3, -0.25) is 14.6 Å². The van der Waals surface area contributed by atoms with Gasteiger partial charge in [-0.15, -0.1) is 22.1 Å². The molecule has 4 unspecified atom stereocenters. The fourth-order valence-electron chi connectivity index (χ4n) is 9.70. The molecule has 8 heteroatoms. The Bertz CT molecular complexity index is 2320. The van der Waals surface area contributed by atoms with Gasteiger partial charge in [0.25, 0.3) is 0 Å². The molecule has 0 aromatic carbocycles. The molecule has 0 amide bonds. The Morgan fingerprint density at radius 1 is 0.885 bits per heavy atom. The molecule has 1 aliphatic carbocycles. The number of carbonyl (C=O) groups excluding carboxylic acids is 2. The Kier molecular flexibility index (Phi) is 16.8. The number of allylic oxidation sites excluding steroid dienone is 3. The van der Waals surface area contributed by atoms with E-state index in [9.17, 15) is 9.59 Å². The second-order valence-corrected chi connectivity index (χ2v) is 18.8. The maximum Gasteiger partial charge on any atom is 2.00 e. The third kappa shape index (κ3) is 11.2. The van der Waals surface area contributed by atoms with Crippen molar-refractivity contribution >= 4 is 51.0 Å². The molecule has 61 heavy (non-hydrogen) atoms. The van der Waals surface area contributed by atoms with E-state index in [-0.39, 0.29) is 60.1 Å². The Hall–Kier alpha value is -4.00. The van der Waals surface area contributed by atoms with Crippen LogP contribution >= 0.6 is 0 Å². The van der Waals surface area contributed by atoms with Gasteiger partial charge in [-0.2, -0.15) is 0 Å². The normalized spacial score (nSPS) is 17.2. The Morgan fingerprint density at radius 3 is 2.21 bits per heavy atom. The first-order valence-electron chi connectivity index (χ1n) is 23.0. The summed E-state index contributed by atoms with van der Waals surface area (Å²) in [7, 11) is 0. The summed E-state index contributed by atoms with van der Waals surface area (Å²) < 4.78 is 5.78. The van der Waals surface area contributed by atoms with Crippen LogP contribution in [0.5, 0.6) is 0 Å². The van der Waals surface area contributed by atoms with Crippen LogP contribution in [0.15, 0.2) is 36.4 Å². The number of ketones is 1. The minimum absolute atomic E-state index is 0. The number of Topliss-reactive ketones (excluding diaryl/α,β-unsaturated/α-hetero) is 1. The number of carbonyl (C=O) groups is 2. The van der Waals surface area contributed by atoms with E-state index in [4.69, 9.17) is 24.7 Å². The number of aromatic nitrogens is 4. The van der Waals surface area contributed by atoms with Gasteiger partial charge in [0.15, 0.2) is 5.78 Å². The van der Waals surface area contributed by atoms with Crippen molar-refractivity contribution in [3.05, 3.63) is 87.0 Å². The van der Waals surface area contributed by atoms with E-state index < -0.39 is 0 Å². The molecule has 2 aliphatic heterocycles. The predicted molar refractivity (Wildman–Crippen MR) is 249 cm³/mol. The first-order valence-corrected chi connectivity index (χ1v) is 23.0. The van der Waals surface area contributed by atoms with E-state index in [1.54, 1.807) is 0 Å². The van der Waals surface area contributed by atoms with Crippen LogP contribution in [-0.4, -0.2) is 28.3 Å². The molecular formula is C53H70CuN4O3. The fraction of sp³-hybridized carbons (Fsp3) is 0.547. The summed E-state index contributed by atoms with van der Waals surface area (Å²) in [5.74, 6) is 2.15. The zero-order valence-corrected chi connectivity index (χ0v) is 39.6. The van der Waals surface area contributed by atoms with Crippen molar-refractivity contribution in [1.29, 1.82) is 0 Å². The molecule has 7 nitrogen and oxygen atoms in total. The van der Waals surface area contributed by atoms with Gasteiger partial charge in [-0.25, -0.2) is 4.98 Å². The Labute approximate surface area is 376 Å². The molecule has 6 rings (SSSR count). The number of fused-ring (bicyclic) bond motifs is 8. The summed E-state index contributed by atoms with van der Waals surface area (Å²) >= 11 is 0. The van der Waals surface area contributed by atoms with E-state index in [1.807, 2.05) is 19.1 Å². The molecule has 0 fully saturated rings. The summed E-state index contributed by atoms with van der Waals surface area (Å²) in [5, 5.41) is 0. The van der Waals surface area contributed by atoms with Gasteiger partial charge in [0.05, 0.1) is 11.4 Å². The number of ether oxygens (including phenoxy) is 1. The number of hydrogen-bond donors (Lipinski definition) is 0. The summed E-state index contributed by atoms with van der Waals surface area (Å²) in [4.78, 5) is 47.6. The van der Waals surface area contributed by atoms with Gasteiger partial charge in [0.2, 0.25) is 0 Å².